The second-order valence-corrected chi connectivity index (χ2v) is 19.3. The number of para-hydroxylation sites is 2. The molecule has 0 saturated carbocycles. The highest BCUT2D eigenvalue weighted by molar-refractivity contribution is 6.13. The third-order valence-corrected chi connectivity index (χ3v) is 14.5. The molecule has 4 nitrogen and oxygen atoms in total. The number of fused-ring (bicyclic) bond motifs is 6. The summed E-state index contributed by atoms with van der Waals surface area (Å²) in [6, 6.07) is 83.9. The Balaban J connectivity index is 1.09. The van der Waals surface area contributed by atoms with Gasteiger partial charge in [0.25, 0.3) is 0 Å². The molecule has 3 aromatic heterocycles. The van der Waals surface area contributed by atoms with E-state index in [0.717, 1.165) is 61.6 Å². The van der Waals surface area contributed by atoms with Crippen LogP contribution in [0.4, 0.5) is 0 Å². The van der Waals surface area contributed by atoms with E-state index < -0.39 is 0 Å². The Hall–Kier alpha value is -9.12. The molecule has 0 radical (unpaired) electrons. The third kappa shape index (κ3) is 7.39. The molecular weight excluding hydrogens is 873 g/mol. The van der Waals surface area contributed by atoms with Gasteiger partial charge in [-0.15, -0.1) is 0 Å². The maximum atomic E-state index is 5.33. The van der Waals surface area contributed by atoms with Gasteiger partial charge in [0, 0.05) is 49.5 Å². The van der Waals surface area contributed by atoms with Crippen molar-refractivity contribution in [2.75, 3.05) is 0 Å². The van der Waals surface area contributed by atoms with E-state index in [1.54, 1.807) is 0 Å². The van der Waals surface area contributed by atoms with Crippen molar-refractivity contribution < 1.29 is 0 Å². The Kier molecular flexibility index (Phi) is 10.4. The highest BCUT2D eigenvalue weighted by Crippen LogP contribution is 2.43. The maximum Gasteiger partial charge on any atom is 0.160 e. The zero-order valence-electron chi connectivity index (χ0n) is 40.7. The SMILES string of the molecule is Cc1ccc(-c2ccc3c(c2)c2cc(-c4ccc(C)cc4C)ccc2n3-c2ccc(-c3cc(-c4ccccc4)nc(-c4ccccc4)n3)cc2-c2cccc(-n3c4ccccc4c4ccccc43)c2)c(C)c1. The first-order chi connectivity index (χ1) is 35.3. The topological polar surface area (TPSA) is 35.6 Å². The molecule has 4 heteroatoms. The van der Waals surface area contributed by atoms with Crippen LogP contribution in [0, 0.1) is 27.7 Å². The Morgan fingerprint density at radius 3 is 1.36 bits per heavy atom. The van der Waals surface area contributed by atoms with Crippen molar-refractivity contribution in [2.45, 2.75) is 27.7 Å². The normalized spacial score (nSPS) is 11.6. The molecule has 0 N–H and O–H groups in total. The lowest BCUT2D eigenvalue weighted by atomic mass is 9.95. The minimum absolute atomic E-state index is 0.688. The molecule has 0 fully saturated rings. The Morgan fingerprint density at radius 2 is 0.778 bits per heavy atom. The van der Waals surface area contributed by atoms with E-state index in [-0.39, 0.29) is 0 Å². The quantitative estimate of drug-likeness (QED) is 0.152. The molecule has 0 aliphatic heterocycles. The van der Waals surface area contributed by atoms with Crippen molar-refractivity contribution in [1.29, 1.82) is 0 Å². The Bertz CT molecular complexity index is 4030. The van der Waals surface area contributed by atoms with Gasteiger partial charge in [0.15, 0.2) is 5.82 Å². The Labute approximate surface area is 419 Å². The predicted molar refractivity (Wildman–Crippen MR) is 302 cm³/mol. The highest BCUT2D eigenvalue weighted by atomic mass is 15.0. The van der Waals surface area contributed by atoms with Crippen LogP contribution in [-0.2, 0) is 0 Å². The maximum absolute atomic E-state index is 5.33. The molecule has 13 aromatic rings. The van der Waals surface area contributed by atoms with Crippen LogP contribution in [0.3, 0.4) is 0 Å². The van der Waals surface area contributed by atoms with Crippen LogP contribution in [-0.4, -0.2) is 19.1 Å². The summed E-state index contributed by atoms with van der Waals surface area (Å²) in [6.07, 6.45) is 0. The van der Waals surface area contributed by atoms with E-state index in [1.165, 1.54) is 77.1 Å². The molecule has 0 bridgehead atoms. The number of aromatic nitrogens is 4. The van der Waals surface area contributed by atoms with Crippen LogP contribution < -0.4 is 0 Å². The first-order valence-corrected chi connectivity index (χ1v) is 24.8. The molecule has 342 valence electrons. The van der Waals surface area contributed by atoms with Crippen LogP contribution in [0.15, 0.2) is 231 Å². The standard InChI is InChI=1S/C68H50N4/c1-43-26-31-54(45(3)36-43)50-28-33-66-59(39-50)60-40-51(55-32-27-44(2)37-46(55)4)29-34-67(60)72(66)65-35-30-52(62-42-61(47-16-7-5-8-17-47)69-68(70-62)48-18-9-6-10-19-48)41-58(65)49-20-15-21-53(38-49)71-63-24-13-11-22-56(63)57-23-12-14-25-64(57)71/h5-42H,1-4H3. The third-order valence-electron chi connectivity index (χ3n) is 14.5. The molecular formula is C68H50N4. The second kappa shape index (κ2) is 17.4. The van der Waals surface area contributed by atoms with Crippen LogP contribution in [0.1, 0.15) is 22.3 Å². The number of rotatable bonds is 8. The van der Waals surface area contributed by atoms with Crippen LogP contribution in [0.5, 0.6) is 0 Å². The number of aryl methyl sites for hydroxylation is 4. The predicted octanol–water partition coefficient (Wildman–Crippen LogP) is 17.9. The van der Waals surface area contributed by atoms with Crippen molar-refractivity contribution in [2.24, 2.45) is 0 Å². The highest BCUT2D eigenvalue weighted by Gasteiger charge is 2.21. The molecule has 0 saturated heterocycles. The van der Waals surface area contributed by atoms with E-state index in [1.807, 2.05) is 24.3 Å². The van der Waals surface area contributed by atoms with Gasteiger partial charge < -0.3 is 9.13 Å². The molecule has 0 aliphatic carbocycles. The van der Waals surface area contributed by atoms with Gasteiger partial charge in [-0.3, -0.25) is 0 Å². The van der Waals surface area contributed by atoms with Gasteiger partial charge in [-0.1, -0.05) is 175 Å². The first kappa shape index (κ1) is 42.9. The van der Waals surface area contributed by atoms with Crippen molar-refractivity contribution in [3.05, 3.63) is 253 Å². The van der Waals surface area contributed by atoms with E-state index in [9.17, 15) is 0 Å². The number of benzene rings is 10. The van der Waals surface area contributed by atoms with Gasteiger partial charge in [0.1, 0.15) is 0 Å². The van der Waals surface area contributed by atoms with Gasteiger partial charge in [-0.25, -0.2) is 9.97 Å². The lowest BCUT2D eigenvalue weighted by Crippen LogP contribution is -2.00. The summed E-state index contributed by atoms with van der Waals surface area (Å²) < 4.78 is 4.89. The molecule has 72 heavy (non-hydrogen) atoms. The van der Waals surface area contributed by atoms with E-state index in [0.29, 0.717) is 5.82 Å². The van der Waals surface area contributed by atoms with Crippen molar-refractivity contribution in [3.8, 4) is 78.7 Å². The van der Waals surface area contributed by atoms with Gasteiger partial charge >= 0.3 is 0 Å². The molecule has 0 atom stereocenters. The fourth-order valence-electron chi connectivity index (χ4n) is 11.1. The van der Waals surface area contributed by atoms with Gasteiger partial charge in [-0.05, 0) is 133 Å². The van der Waals surface area contributed by atoms with Crippen molar-refractivity contribution >= 4 is 43.6 Å². The zero-order chi connectivity index (χ0) is 48.5. The smallest absolute Gasteiger partial charge is 0.160 e. The van der Waals surface area contributed by atoms with Crippen molar-refractivity contribution in [1.82, 2.24) is 19.1 Å². The van der Waals surface area contributed by atoms with Gasteiger partial charge in [-0.2, -0.15) is 0 Å². The fraction of sp³-hybridized carbons (Fsp3) is 0.0588. The van der Waals surface area contributed by atoms with E-state index >= 15 is 0 Å². The first-order valence-electron chi connectivity index (χ1n) is 24.8. The lowest BCUT2D eigenvalue weighted by molar-refractivity contribution is 1.16. The lowest BCUT2D eigenvalue weighted by Gasteiger charge is -2.18. The molecule has 3 heterocycles. The molecule has 13 rings (SSSR count). The molecule has 0 unspecified atom stereocenters. The number of hydrogen-bond acceptors (Lipinski definition) is 2. The van der Waals surface area contributed by atoms with Crippen LogP contribution in [0.2, 0.25) is 0 Å². The molecule has 10 aromatic carbocycles. The summed E-state index contributed by atoms with van der Waals surface area (Å²) >= 11 is 0. The fourth-order valence-corrected chi connectivity index (χ4v) is 11.1. The minimum atomic E-state index is 0.688. The van der Waals surface area contributed by atoms with Crippen molar-refractivity contribution in [3.63, 3.8) is 0 Å². The average Bonchev–Trinajstić information content (AvgIpc) is 3.93. The molecule has 0 spiro atoms. The summed E-state index contributed by atoms with van der Waals surface area (Å²) in [7, 11) is 0. The summed E-state index contributed by atoms with van der Waals surface area (Å²) in [5, 5.41) is 4.89. The monoisotopic (exact) mass is 922 g/mol. The summed E-state index contributed by atoms with van der Waals surface area (Å²) in [5.41, 5.74) is 23.7. The summed E-state index contributed by atoms with van der Waals surface area (Å²) in [4.78, 5) is 10.5. The van der Waals surface area contributed by atoms with Crippen LogP contribution in [0.25, 0.3) is 122 Å². The zero-order valence-corrected chi connectivity index (χ0v) is 40.7. The summed E-state index contributed by atoms with van der Waals surface area (Å²) in [5.74, 6) is 0.688. The second-order valence-electron chi connectivity index (χ2n) is 19.3. The Morgan fingerprint density at radius 1 is 0.292 bits per heavy atom. The average molecular weight is 923 g/mol. The van der Waals surface area contributed by atoms with Crippen LogP contribution >= 0.6 is 0 Å². The van der Waals surface area contributed by atoms with Gasteiger partial charge in [0.2, 0.25) is 0 Å². The minimum Gasteiger partial charge on any atom is -0.309 e. The number of hydrogen-bond donors (Lipinski definition) is 0. The molecule has 0 amide bonds. The summed E-state index contributed by atoms with van der Waals surface area (Å²) in [6.45, 7) is 8.77. The van der Waals surface area contributed by atoms with Gasteiger partial charge in [0.05, 0.1) is 39.1 Å². The van der Waals surface area contributed by atoms with E-state index in [2.05, 4.69) is 243 Å². The molecule has 0 aliphatic rings. The van der Waals surface area contributed by atoms with E-state index in [4.69, 9.17) is 9.97 Å². The largest absolute Gasteiger partial charge is 0.309 e. The number of nitrogens with zero attached hydrogens (tertiary/aromatic N) is 4.